The van der Waals surface area contributed by atoms with E-state index in [9.17, 15) is 19.2 Å². The number of hydrogen-bond acceptors (Lipinski definition) is 7. The van der Waals surface area contributed by atoms with Crippen molar-refractivity contribution >= 4 is 24.0 Å². The van der Waals surface area contributed by atoms with Crippen LogP contribution in [-0.2, 0) is 25.7 Å². The van der Waals surface area contributed by atoms with Gasteiger partial charge in [0, 0.05) is 12.1 Å². The molecule has 0 aliphatic carbocycles. The first-order valence-corrected chi connectivity index (χ1v) is 11.7. The number of amides is 1. The lowest BCUT2D eigenvalue weighted by Gasteiger charge is -2.25. The SMILES string of the molecule is CC1CCC(C(=O)O)N1.CC1CCC(C(=O)O)N1C(=O)OCc1ccccc1.CCC(N)C(=O)O. The normalized spacial score (nSPS) is 23.7. The summed E-state index contributed by atoms with van der Waals surface area (Å²) in [5.41, 5.74) is 5.90. The van der Waals surface area contributed by atoms with Crippen molar-refractivity contribution in [1.29, 1.82) is 0 Å². The Bertz CT molecular complexity index is 835. The summed E-state index contributed by atoms with van der Waals surface area (Å²) in [5, 5.41) is 28.6. The fourth-order valence-electron chi connectivity index (χ4n) is 3.62. The second-order valence-electron chi connectivity index (χ2n) is 8.62. The summed E-state index contributed by atoms with van der Waals surface area (Å²) < 4.78 is 5.19. The van der Waals surface area contributed by atoms with Gasteiger partial charge >= 0.3 is 24.0 Å². The van der Waals surface area contributed by atoms with Gasteiger partial charge in [0.2, 0.25) is 0 Å². The van der Waals surface area contributed by atoms with Crippen LogP contribution < -0.4 is 11.1 Å². The van der Waals surface area contributed by atoms with Crippen LogP contribution in [0.2, 0.25) is 0 Å². The number of carboxylic acid groups (broad SMARTS) is 3. The maximum absolute atomic E-state index is 12.0. The van der Waals surface area contributed by atoms with E-state index in [0.717, 1.165) is 18.4 Å². The van der Waals surface area contributed by atoms with E-state index in [1.807, 2.05) is 44.2 Å². The minimum atomic E-state index is -0.971. The van der Waals surface area contributed by atoms with Gasteiger partial charge in [-0.2, -0.15) is 0 Å². The van der Waals surface area contributed by atoms with Gasteiger partial charge in [0.25, 0.3) is 0 Å². The lowest BCUT2D eigenvalue weighted by atomic mass is 10.2. The summed E-state index contributed by atoms with van der Waals surface area (Å²) in [4.78, 5) is 44.5. The molecule has 2 heterocycles. The number of nitrogens with two attached hydrogens (primary N) is 1. The molecular formula is C24H37N3O8. The van der Waals surface area contributed by atoms with Gasteiger partial charge in [0.15, 0.2) is 0 Å². The van der Waals surface area contributed by atoms with Gasteiger partial charge in [0.1, 0.15) is 24.7 Å². The highest BCUT2D eigenvalue weighted by Crippen LogP contribution is 2.25. The Balaban J connectivity index is 0.000000317. The van der Waals surface area contributed by atoms with Crippen molar-refractivity contribution in [3.05, 3.63) is 35.9 Å². The molecule has 0 saturated carbocycles. The molecule has 0 spiro atoms. The van der Waals surface area contributed by atoms with Crippen molar-refractivity contribution < 1.29 is 39.2 Å². The van der Waals surface area contributed by atoms with Gasteiger partial charge in [-0.15, -0.1) is 0 Å². The predicted molar refractivity (Wildman–Crippen MR) is 128 cm³/mol. The Kier molecular flexibility index (Phi) is 12.7. The summed E-state index contributed by atoms with van der Waals surface area (Å²) in [7, 11) is 0. The lowest BCUT2D eigenvalue weighted by molar-refractivity contribution is -0.142. The molecule has 0 bridgehead atoms. The second-order valence-corrected chi connectivity index (χ2v) is 8.62. The zero-order chi connectivity index (χ0) is 26.5. The predicted octanol–water partition coefficient (Wildman–Crippen LogP) is 2.28. The van der Waals surface area contributed by atoms with Gasteiger partial charge in [0.05, 0.1) is 0 Å². The zero-order valence-corrected chi connectivity index (χ0v) is 20.4. The highest BCUT2D eigenvalue weighted by atomic mass is 16.6. The topological polar surface area (TPSA) is 179 Å². The van der Waals surface area contributed by atoms with Crippen LogP contribution in [0.4, 0.5) is 4.79 Å². The summed E-state index contributed by atoms with van der Waals surface area (Å²) in [6.07, 6.45) is 2.87. The zero-order valence-electron chi connectivity index (χ0n) is 20.4. The maximum atomic E-state index is 12.0. The quantitative estimate of drug-likeness (QED) is 0.393. The second kappa shape index (κ2) is 14.9. The lowest BCUT2D eigenvalue weighted by Crippen LogP contribution is -2.44. The molecule has 6 N–H and O–H groups in total. The number of nitrogens with one attached hydrogen (secondary N) is 1. The number of ether oxygens (including phenoxy) is 1. The summed E-state index contributed by atoms with van der Waals surface area (Å²) in [6, 6.07) is 7.87. The molecule has 1 aromatic carbocycles. The number of carboxylic acids is 3. The Morgan fingerprint density at radius 1 is 1.03 bits per heavy atom. The molecule has 1 amide bonds. The molecule has 196 valence electrons. The number of carbonyl (C=O) groups excluding carboxylic acids is 1. The minimum absolute atomic E-state index is 0.0932. The molecule has 0 radical (unpaired) electrons. The number of carbonyl (C=O) groups is 4. The number of rotatable bonds is 6. The van der Waals surface area contributed by atoms with Crippen molar-refractivity contribution in [3.63, 3.8) is 0 Å². The fourth-order valence-corrected chi connectivity index (χ4v) is 3.62. The number of hydrogen-bond donors (Lipinski definition) is 5. The highest BCUT2D eigenvalue weighted by Gasteiger charge is 2.39. The van der Waals surface area contributed by atoms with Crippen LogP contribution in [-0.4, -0.2) is 74.4 Å². The Labute approximate surface area is 205 Å². The first-order chi connectivity index (χ1) is 16.5. The van der Waals surface area contributed by atoms with Crippen LogP contribution in [0.3, 0.4) is 0 Å². The van der Waals surface area contributed by atoms with Gasteiger partial charge < -0.3 is 31.1 Å². The molecule has 11 heteroatoms. The molecule has 3 rings (SSSR count). The van der Waals surface area contributed by atoms with Crippen LogP contribution in [0.15, 0.2) is 30.3 Å². The molecular weight excluding hydrogens is 458 g/mol. The van der Waals surface area contributed by atoms with E-state index in [2.05, 4.69) is 5.32 Å². The molecule has 2 aliphatic rings. The number of aliphatic carboxylic acids is 3. The van der Waals surface area contributed by atoms with Gasteiger partial charge in [-0.25, -0.2) is 9.59 Å². The van der Waals surface area contributed by atoms with Gasteiger partial charge in [-0.1, -0.05) is 37.3 Å². The molecule has 11 nitrogen and oxygen atoms in total. The smallest absolute Gasteiger partial charge is 0.411 e. The fraction of sp³-hybridized carbons (Fsp3) is 0.583. The average molecular weight is 496 g/mol. The average Bonchev–Trinajstić information content (AvgIpc) is 3.44. The third-order valence-electron chi connectivity index (χ3n) is 5.80. The van der Waals surface area contributed by atoms with E-state index in [1.54, 1.807) is 6.92 Å². The maximum Gasteiger partial charge on any atom is 0.411 e. The van der Waals surface area contributed by atoms with Crippen LogP contribution in [0.25, 0.3) is 0 Å². The van der Waals surface area contributed by atoms with E-state index >= 15 is 0 Å². The van der Waals surface area contributed by atoms with Crippen molar-refractivity contribution in [3.8, 4) is 0 Å². The van der Waals surface area contributed by atoms with Crippen molar-refractivity contribution in [1.82, 2.24) is 10.2 Å². The first-order valence-electron chi connectivity index (χ1n) is 11.7. The molecule has 2 aliphatic heterocycles. The van der Waals surface area contributed by atoms with Gasteiger partial charge in [-0.3, -0.25) is 14.5 Å². The number of nitrogens with zero attached hydrogens (tertiary/aromatic N) is 1. The Morgan fingerprint density at radius 3 is 2.06 bits per heavy atom. The van der Waals surface area contributed by atoms with Crippen molar-refractivity contribution in [2.24, 2.45) is 5.73 Å². The minimum Gasteiger partial charge on any atom is -0.480 e. The number of likely N-dealkylation sites (tertiary alicyclic amines) is 1. The standard InChI is InChI=1S/C14H17NO4.C6H11NO2.C4H9NO2/c1-10-7-8-12(13(16)17)15(10)14(18)19-9-11-5-3-2-4-6-11;1-4-2-3-5(7-4)6(8)9;1-2-3(5)4(6)7/h2-6,10,12H,7-9H2,1H3,(H,16,17);4-5,7H,2-3H2,1H3,(H,8,9);3H,2,5H2,1H3,(H,6,7). The molecule has 5 unspecified atom stereocenters. The van der Waals surface area contributed by atoms with Crippen molar-refractivity contribution in [2.45, 2.75) is 89.7 Å². The van der Waals surface area contributed by atoms with Crippen LogP contribution >= 0.6 is 0 Å². The Morgan fingerprint density at radius 2 is 1.66 bits per heavy atom. The third-order valence-corrected chi connectivity index (χ3v) is 5.80. The first kappa shape index (κ1) is 29.9. The molecule has 5 atom stereocenters. The van der Waals surface area contributed by atoms with Crippen LogP contribution in [0.1, 0.15) is 58.4 Å². The summed E-state index contributed by atoms with van der Waals surface area (Å²) in [6.45, 7) is 5.74. The molecule has 1 aromatic rings. The Hall–Kier alpha value is -3.18. The van der Waals surface area contributed by atoms with Gasteiger partial charge in [-0.05, 0) is 51.5 Å². The van der Waals surface area contributed by atoms with Crippen LogP contribution in [0.5, 0.6) is 0 Å². The van der Waals surface area contributed by atoms with Crippen LogP contribution in [0, 0.1) is 0 Å². The van der Waals surface area contributed by atoms with E-state index in [1.165, 1.54) is 4.90 Å². The molecule has 2 fully saturated rings. The van der Waals surface area contributed by atoms with E-state index < -0.39 is 36.1 Å². The summed E-state index contributed by atoms with van der Waals surface area (Å²) in [5.74, 6) is -2.62. The molecule has 35 heavy (non-hydrogen) atoms. The van der Waals surface area contributed by atoms with E-state index in [0.29, 0.717) is 25.3 Å². The molecule has 0 aromatic heterocycles. The van der Waals surface area contributed by atoms with E-state index in [4.69, 9.17) is 25.8 Å². The summed E-state index contributed by atoms with van der Waals surface area (Å²) >= 11 is 0. The van der Waals surface area contributed by atoms with Crippen molar-refractivity contribution in [2.75, 3.05) is 0 Å². The third kappa shape index (κ3) is 10.3. The number of benzene rings is 1. The van der Waals surface area contributed by atoms with E-state index in [-0.39, 0.29) is 18.7 Å². The monoisotopic (exact) mass is 495 g/mol. The highest BCUT2D eigenvalue weighted by molar-refractivity contribution is 5.81. The molecule has 2 saturated heterocycles. The largest absolute Gasteiger partial charge is 0.480 e.